The van der Waals surface area contributed by atoms with E-state index in [0.717, 1.165) is 12.1 Å². The fourth-order valence-corrected chi connectivity index (χ4v) is 4.62. The predicted molar refractivity (Wildman–Crippen MR) is 102 cm³/mol. The number of hydrogen-bond acceptors (Lipinski definition) is 5. The average Bonchev–Trinajstić information content (AvgIpc) is 2.62. The Kier molecular flexibility index (Phi) is 6.55. The number of carbonyl (C=O) groups is 1. The first-order chi connectivity index (χ1) is 13.0. The van der Waals surface area contributed by atoms with Crippen molar-refractivity contribution >= 4 is 31.6 Å². The Labute approximate surface area is 163 Å². The number of anilines is 1. The van der Waals surface area contributed by atoms with Crippen LogP contribution >= 0.6 is 0 Å². The summed E-state index contributed by atoms with van der Waals surface area (Å²) in [5, 5.41) is 2.44. The van der Waals surface area contributed by atoms with Crippen LogP contribution in [0.4, 0.5) is 10.1 Å². The number of aryl methyl sites for hydroxylation is 1. The molecule has 11 heteroatoms. The first kappa shape index (κ1) is 22.0. The summed E-state index contributed by atoms with van der Waals surface area (Å²) < 4.78 is 66.6. The molecule has 2 aromatic carbocycles. The van der Waals surface area contributed by atoms with Gasteiger partial charge in [-0.05, 0) is 50.7 Å². The Morgan fingerprint density at radius 1 is 1.00 bits per heavy atom. The third-order valence-corrected chi connectivity index (χ3v) is 7.00. The molecule has 0 aliphatic carbocycles. The number of amides is 1. The van der Waals surface area contributed by atoms with Gasteiger partial charge in [-0.15, -0.1) is 0 Å². The zero-order valence-corrected chi connectivity index (χ0v) is 17.0. The van der Waals surface area contributed by atoms with Crippen molar-refractivity contribution in [3.8, 4) is 0 Å². The standard InChI is InChI=1S/C17H20FN3O5S2/c1-11-8-9-13(10-16(11)27(23,24)19-3)20-17(22)12(2)21-28(25,26)15-7-5-4-6-14(15)18/h4-10,12,19,21H,1-3H3,(H,20,22)/t12-/m0/s1. The van der Waals surface area contributed by atoms with Gasteiger partial charge in [-0.2, -0.15) is 4.72 Å². The van der Waals surface area contributed by atoms with Crippen molar-refractivity contribution < 1.29 is 26.0 Å². The molecule has 28 heavy (non-hydrogen) atoms. The van der Waals surface area contributed by atoms with Crippen LogP contribution < -0.4 is 14.8 Å². The summed E-state index contributed by atoms with van der Waals surface area (Å²) in [5.74, 6) is -1.68. The quantitative estimate of drug-likeness (QED) is 0.613. The number of benzene rings is 2. The van der Waals surface area contributed by atoms with Gasteiger partial charge in [0.15, 0.2) is 0 Å². The summed E-state index contributed by atoms with van der Waals surface area (Å²) in [6.07, 6.45) is 0. The van der Waals surface area contributed by atoms with Gasteiger partial charge < -0.3 is 5.32 Å². The summed E-state index contributed by atoms with van der Waals surface area (Å²) in [6, 6.07) is 7.80. The van der Waals surface area contributed by atoms with Gasteiger partial charge in [0.2, 0.25) is 26.0 Å². The van der Waals surface area contributed by atoms with E-state index in [0.29, 0.717) is 5.56 Å². The zero-order chi connectivity index (χ0) is 21.1. The molecule has 152 valence electrons. The summed E-state index contributed by atoms with van der Waals surface area (Å²) in [5.41, 5.74) is 0.641. The molecule has 2 aromatic rings. The first-order valence-electron chi connectivity index (χ1n) is 8.10. The molecule has 0 heterocycles. The Bertz CT molecular complexity index is 1100. The van der Waals surface area contributed by atoms with Crippen molar-refractivity contribution in [2.24, 2.45) is 0 Å². The van der Waals surface area contributed by atoms with Crippen LogP contribution in [0.15, 0.2) is 52.3 Å². The highest BCUT2D eigenvalue weighted by Crippen LogP contribution is 2.20. The molecule has 0 spiro atoms. The van der Waals surface area contributed by atoms with Crippen molar-refractivity contribution in [2.75, 3.05) is 12.4 Å². The molecule has 1 amide bonds. The van der Waals surface area contributed by atoms with Gasteiger partial charge in [0.05, 0.1) is 10.9 Å². The molecule has 0 aromatic heterocycles. The molecule has 0 saturated carbocycles. The minimum Gasteiger partial charge on any atom is -0.325 e. The highest BCUT2D eigenvalue weighted by atomic mass is 32.2. The van der Waals surface area contributed by atoms with E-state index in [1.54, 1.807) is 6.92 Å². The topological polar surface area (TPSA) is 121 Å². The zero-order valence-electron chi connectivity index (χ0n) is 15.4. The van der Waals surface area contributed by atoms with Gasteiger partial charge in [0.25, 0.3) is 0 Å². The second kappa shape index (κ2) is 8.35. The lowest BCUT2D eigenvalue weighted by molar-refractivity contribution is -0.117. The molecule has 3 N–H and O–H groups in total. The van der Waals surface area contributed by atoms with Crippen LogP contribution in [0.1, 0.15) is 12.5 Å². The van der Waals surface area contributed by atoms with Crippen molar-refractivity contribution in [2.45, 2.75) is 29.7 Å². The van der Waals surface area contributed by atoms with Gasteiger partial charge in [0, 0.05) is 5.69 Å². The van der Waals surface area contributed by atoms with Crippen molar-refractivity contribution in [1.82, 2.24) is 9.44 Å². The third kappa shape index (κ3) is 4.93. The Morgan fingerprint density at radius 3 is 2.25 bits per heavy atom. The largest absolute Gasteiger partial charge is 0.325 e. The maximum absolute atomic E-state index is 13.7. The molecule has 0 unspecified atom stereocenters. The second-order valence-electron chi connectivity index (χ2n) is 5.95. The third-order valence-electron chi connectivity index (χ3n) is 3.87. The van der Waals surface area contributed by atoms with E-state index in [9.17, 15) is 26.0 Å². The lowest BCUT2D eigenvalue weighted by atomic mass is 10.2. The predicted octanol–water partition coefficient (Wildman–Crippen LogP) is 1.35. The van der Waals surface area contributed by atoms with E-state index >= 15 is 0 Å². The van der Waals surface area contributed by atoms with Gasteiger partial charge in [-0.3, -0.25) is 4.79 Å². The summed E-state index contributed by atoms with van der Waals surface area (Å²) in [4.78, 5) is 11.7. The highest BCUT2D eigenvalue weighted by Gasteiger charge is 2.25. The number of nitrogens with one attached hydrogen (secondary N) is 3. The molecular formula is C17H20FN3O5S2. The van der Waals surface area contributed by atoms with Gasteiger partial charge in [0.1, 0.15) is 10.7 Å². The highest BCUT2D eigenvalue weighted by molar-refractivity contribution is 7.89. The van der Waals surface area contributed by atoms with Crippen molar-refractivity contribution in [3.63, 3.8) is 0 Å². The number of rotatable bonds is 7. The second-order valence-corrected chi connectivity index (χ2v) is 9.49. The van der Waals surface area contributed by atoms with Crippen LogP contribution in [0, 0.1) is 12.7 Å². The fraction of sp³-hybridized carbons (Fsp3) is 0.235. The van der Waals surface area contributed by atoms with Gasteiger partial charge in [-0.25, -0.2) is 25.9 Å². The lowest BCUT2D eigenvalue weighted by Gasteiger charge is -2.16. The lowest BCUT2D eigenvalue weighted by Crippen LogP contribution is -2.41. The van der Waals surface area contributed by atoms with E-state index in [4.69, 9.17) is 0 Å². The fourth-order valence-electron chi connectivity index (χ4n) is 2.34. The number of halogens is 1. The Balaban J connectivity index is 2.19. The maximum atomic E-state index is 13.7. The van der Waals surface area contributed by atoms with Crippen LogP contribution in [0.3, 0.4) is 0 Å². The normalized spacial score (nSPS) is 13.1. The molecule has 0 aliphatic heterocycles. The molecule has 2 rings (SSSR count). The van der Waals surface area contributed by atoms with Crippen LogP contribution in [0.25, 0.3) is 0 Å². The Morgan fingerprint density at radius 2 is 1.64 bits per heavy atom. The number of carbonyl (C=O) groups excluding carboxylic acids is 1. The number of hydrogen-bond donors (Lipinski definition) is 3. The smallest absolute Gasteiger partial charge is 0.244 e. The number of sulfonamides is 2. The van der Waals surface area contributed by atoms with Crippen LogP contribution in [-0.4, -0.2) is 35.8 Å². The SMILES string of the molecule is CNS(=O)(=O)c1cc(NC(=O)[C@H](C)NS(=O)(=O)c2ccccc2F)ccc1C. The van der Waals surface area contributed by atoms with Crippen LogP contribution in [-0.2, 0) is 24.8 Å². The molecule has 1 atom stereocenters. The first-order valence-corrected chi connectivity index (χ1v) is 11.1. The monoisotopic (exact) mass is 429 g/mol. The summed E-state index contributed by atoms with van der Waals surface area (Å²) in [7, 11) is -6.73. The minimum atomic E-state index is -4.26. The molecule has 8 nitrogen and oxygen atoms in total. The average molecular weight is 429 g/mol. The van der Waals surface area contributed by atoms with E-state index in [-0.39, 0.29) is 10.6 Å². The summed E-state index contributed by atoms with van der Waals surface area (Å²) >= 11 is 0. The van der Waals surface area contributed by atoms with Crippen LogP contribution in [0.5, 0.6) is 0 Å². The van der Waals surface area contributed by atoms with Crippen LogP contribution in [0.2, 0.25) is 0 Å². The minimum absolute atomic E-state index is 0.0209. The van der Waals surface area contributed by atoms with Gasteiger partial charge >= 0.3 is 0 Å². The maximum Gasteiger partial charge on any atom is 0.244 e. The van der Waals surface area contributed by atoms with E-state index < -0.39 is 42.7 Å². The molecule has 0 aliphatic rings. The van der Waals surface area contributed by atoms with E-state index in [2.05, 4.69) is 14.8 Å². The van der Waals surface area contributed by atoms with Crippen molar-refractivity contribution in [3.05, 3.63) is 53.8 Å². The summed E-state index contributed by atoms with van der Waals surface area (Å²) in [6.45, 7) is 2.88. The Hall–Kier alpha value is -2.34. The van der Waals surface area contributed by atoms with Gasteiger partial charge in [-0.1, -0.05) is 18.2 Å². The molecule has 0 fully saturated rings. The van der Waals surface area contributed by atoms with Crippen molar-refractivity contribution in [1.29, 1.82) is 0 Å². The molecule has 0 bridgehead atoms. The van der Waals surface area contributed by atoms with E-state index in [1.807, 2.05) is 0 Å². The molecule has 0 radical (unpaired) electrons. The molecular weight excluding hydrogens is 409 g/mol. The molecule has 0 saturated heterocycles. The van der Waals surface area contributed by atoms with E-state index in [1.165, 1.54) is 44.3 Å².